The number of nitrogens with two attached hydrogens (primary N) is 1. The highest BCUT2D eigenvalue weighted by molar-refractivity contribution is 5.96. The summed E-state index contributed by atoms with van der Waals surface area (Å²) in [5, 5.41) is 7.45. The van der Waals surface area contributed by atoms with E-state index in [1.165, 1.54) is 6.20 Å². The third-order valence-corrected chi connectivity index (χ3v) is 5.36. The van der Waals surface area contributed by atoms with E-state index in [1.54, 1.807) is 74.5 Å². The molecule has 0 spiro atoms. The fourth-order valence-corrected chi connectivity index (χ4v) is 3.52. The van der Waals surface area contributed by atoms with Crippen LogP contribution in [0.2, 0.25) is 0 Å². The number of imidazole rings is 1. The minimum atomic E-state index is -0.952. The van der Waals surface area contributed by atoms with Crippen LogP contribution in [0.1, 0.15) is 25.2 Å². The van der Waals surface area contributed by atoms with Gasteiger partial charge in [0.05, 0.1) is 17.6 Å². The van der Waals surface area contributed by atoms with Crippen LogP contribution in [0.5, 0.6) is 11.5 Å². The van der Waals surface area contributed by atoms with E-state index < -0.39 is 18.1 Å². The number of fused-ring (bicyclic) bond motifs is 1. The van der Waals surface area contributed by atoms with E-state index in [2.05, 4.69) is 15.0 Å². The molecule has 0 radical (unpaired) electrons. The zero-order valence-corrected chi connectivity index (χ0v) is 20.3. The molecule has 11 nitrogen and oxygen atoms in total. The summed E-state index contributed by atoms with van der Waals surface area (Å²) in [7, 11) is 0. The summed E-state index contributed by atoms with van der Waals surface area (Å²) in [5.74, 6) is 1.09. The fraction of sp³-hybridized carbons (Fsp3) is 0.192. The van der Waals surface area contributed by atoms with Crippen LogP contribution < -0.4 is 20.1 Å². The highest BCUT2D eigenvalue weighted by Gasteiger charge is 2.31. The maximum Gasteiger partial charge on any atom is 0.421 e. The van der Waals surface area contributed by atoms with Gasteiger partial charge in [-0.05, 0) is 62.4 Å². The quantitative estimate of drug-likeness (QED) is 0.177. The van der Waals surface area contributed by atoms with Crippen molar-refractivity contribution in [1.82, 2.24) is 15.0 Å². The number of amides is 1. The number of aromatic amines is 1. The Morgan fingerprint density at radius 2 is 1.86 bits per heavy atom. The number of hydrogen-bond acceptors (Lipinski definition) is 8. The van der Waals surface area contributed by atoms with Gasteiger partial charge in [0.25, 0.3) is 0 Å². The molecule has 4 rings (SSSR count). The number of nitrogen functional groups attached to an aromatic ring is 1. The first-order chi connectivity index (χ1) is 17.9. The molecule has 1 atom stereocenters. The number of ether oxygens (including phenoxy) is 3. The normalized spacial score (nSPS) is 11.5. The largest absolute Gasteiger partial charge is 0.486 e. The van der Waals surface area contributed by atoms with Gasteiger partial charge in [0.1, 0.15) is 41.6 Å². The maximum atomic E-state index is 13.1. The monoisotopic (exact) mass is 502 g/mol. The van der Waals surface area contributed by atoms with Crippen LogP contribution in [-0.4, -0.2) is 45.5 Å². The number of rotatable bonds is 9. The van der Waals surface area contributed by atoms with Gasteiger partial charge in [-0.3, -0.25) is 5.41 Å². The molecule has 0 aliphatic carbocycles. The number of H-pyrrole nitrogens is 1. The second-order valence-corrected chi connectivity index (χ2v) is 7.94. The molecule has 0 saturated carbocycles. The smallest absolute Gasteiger partial charge is 0.421 e. The Kier molecular flexibility index (Phi) is 7.62. The van der Waals surface area contributed by atoms with Crippen LogP contribution in [0.3, 0.4) is 0 Å². The van der Waals surface area contributed by atoms with Crippen molar-refractivity contribution in [3.05, 3.63) is 78.2 Å². The van der Waals surface area contributed by atoms with E-state index >= 15 is 0 Å². The first kappa shape index (κ1) is 25.2. The van der Waals surface area contributed by atoms with E-state index in [9.17, 15) is 9.59 Å². The number of carbonyl (C=O) groups is 2. The minimum absolute atomic E-state index is 0.0150. The predicted molar refractivity (Wildman–Crippen MR) is 137 cm³/mol. The minimum Gasteiger partial charge on any atom is -0.486 e. The highest BCUT2D eigenvalue weighted by atomic mass is 16.6. The van der Waals surface area contributed by atoms with Gasteiger partial charge in [-0.25, -0.2) is 24.5 Å². The van der Waals surface area contributed by atoms with E-state index in [-0.39, 0.29) is 30.6 Å². The zero-order chi connectivity index (χ0) is 26.4. The van der Waals surface area contributed by atoms with E-state index in [0.29, 0.717) is 28.2 Å². The second-order valence-electron chi connectivity index (χ2n) is 7.94. The SMILES string of the molecule is CCOC(=O)C(C)N(C(=O)Oc1ccc2nc(COc3ccc(C(=N)N)cc3)[nH]c2c1)c1ccccn1. The van der Waals surface area contributed by atoms with Crippen molar-refractivity contribution in [2.45, 2.75) is 26.5 Å². The van der Waals surface area contributed by atoms with Crippen LogP contribution >= 0.6 is 0 Å². The molecule has 4 N–H and O–H groups in total. The predicted octanol–water partition coefficient (Wildman–Crippen LogP) is 3.78. The Morgan fingerprint density at radius 3 is 2.54 bits per heavy atom. The third kappa shape index (κ3) is 6.01. The number of benzene rings is 2. The lowest BCUT2D eigenvalue weighted by Crippen LogP contribution is -2.46. The molecule has 190 valence electrons. The molecule has 2 heterocycles. The van der Waals surface area contributed by atoms with E-state index in [1.807, 2.05) is 0 Å². The first-order valence-corrected chi connectivity index (χ1v) is 11.5. The summed E-state index contributed by atoms with van der Waals surface area (Å²) < 4.78 is 16.4. The Balaban J connectivity index is 1.48. The summed E-state index contributed by atoms with van der Waals surface area (Å²) in [4.78, 5) is 38.5. The number of amidine groups is 1. The Hall–Kier alpha value is -4.93. The fourth-order valence-electron chi connectivity index (χ4n) is 3.52. The van der Waals surface area contributed by atoms with E-state index in [0.717, 1.165) is 4.90 Å². The molecule has 2 aromatic carbocycles. The van der Waals surface area contributed by atoms with Gasteiger partial charge in [-0.2, -0.15) is 0 Å². The molecule has 0 bridgehead atoms. The highest BCUT2D eigenvalue weighted by Crippen LogP contribution is 2.23. The molecule has 1 unspecified atom stereocenters. The number of nitrogens with one attached hydrogen (secondary N) is 2. The van der Waals surface area contributed by atoms with E-state index in [4.69, 9.17) is 25.4 Å². The van der Waals surface area contributed by atoms with Crippen molar-refractivity contribution < 1.29 is 23.8 Å². The number of carbonyl (C=O) groups excluding carboxylic acids is 2. The second kappa shape index (κ2) is 11.2. The molecule has 0 aliphatic heterocycles. The Labute approximate surface area is 212 Å². The Morgan fingerprint density at radius 1 is 1.11 bits per heavy atom. The standard InChI is InChI=1S/C26H26N6O5/c1-3-35-25(33)16(2)32(23-6-4-5-13-29-23)26(34)37-19-11-12-20-21(14-19)31-22(30-20)15-36-18-9-7-17(8-10-18)24(27)28/h4-14,16H,3,15H2,1-2H3,(H3,27,28)(H,30,31). The van der Waals surface area contributed by atoms with Crippen LogP contribution in [0.25, 0.3) is 11.0 Å². The van der Waals surface area contributed by atoms with Crippen molar-refractivity contribution in [3.63, 3.8) is 0 Å². The lowest BCUT2D eigenvalue weighted by Gasteiger charge is -2.25. The summed E-state index contributed by atoms with van der Waals surface area (Å²) in [6, 6.07) is 15.9. The molecule has 2 aromatic heterocycles. The Bertz CT molecular complexity index is 1400. The summed E-state index contributed by atoms with van der Waals surface area (Å²) in [6.07, 6.45) is 0.737. The molecule has 1 amide bonds. The van der Waals surface area contributed by atoms with Crippen LogP contribution in [-0.2, 0) is 16.1 Å². The van der Waals surface area contributed by atoms with Crippen LogP contribution in [0.15, 0.2) is 66.9 Å². The van der Waals surface area contributed by atoms with Gasteiger partial charge in [-0.1, -0.05) is 6.07 Å². The number of esters is 1. The van der Waals surface area contributed by atoms with Crippen molar-refractivity contribution in [2.24, 2.45) is 5.73 Å². The number of nitrogens with zero attached hydrogens (tertiary/aromatic N) is 3. The summed E-state index contributed by atoms with van der Waals surface area (Å²) in [6.45, 7) is 3.59. The molecule has 37 heavy (non-hydrogen) atoms. The van der Waals surface area contributed by atoms with Gasteiger partial charge in [-0.15, -0.1) is 0 Å². The maximum absolute atomic E-state index is 13.1. The van der Waals surface area contributed by atoms with Crippen molar-refractivity contribution in [1.29, 1.82) is 5.41 Å². The zero-order valence-electron chi connectivity index (χ0n) is 20.3. The van der Waals surface area contributed by atoms with Crippen molar-refractivity contribution in [3.8, 4) is 11.5 Å². The molecular weight excluding hydrogens is 476 g/mol. The van der Waals surface area contributed by atoms with Crippen molar-refractivity contribution >= 4 is 34.7 Å². The lowest BCUT2D eigenvalue weighted by atomic mass is 10.2. The van der Waals surface area contributed by atoms with Gasteiger partial charge in [0.15, 0.2) is 0 Å². The van der Waals surface area contributed by atoms with Gasteiger partial charge >= 0.3 is 12.1 Å². The average Bonchev–Trinajstić information content (AvgIpc) is 3.31. The lowest BCUT2D eigenvalue weighted by molar-refractivity contribution is -0.144. The number of anilines is 1. The third-order valence-electron chi connectivity index (χ3n) is 5.36. The average molecular weight is 503 g/mol. The topological polar surface area (TPSA) is 157 Å². The molecule has 0 aliphatic rings. The molecule has 11 heteroatoms. The van der Waals surface area contributed by atoms with Gasteiger partial charge in [0, 0.05) is 17.8 Å². The van der Waals surface area contributed by atoms with Crippen LogP contribution in [0, 0.1) is 5.41 Å². The van der Waals surface area contributed by atoms with Gasteiger partial charge < -0.3 is 24.9 Å². The number of pyridine rings is 1. The molecular formula is C26H26N6O5. The summed E-state index contributed by atoms with van der Waals surface area (Å²) in [5.41, 5.74) is 7.37. The molecule has 0 saturated heterocycles. The van der Waals surface area contributed by atoms with Crippen LogP contribution in [0.4, 0.5) is 10.6 Å². The first-order valence-electron chi connectivity index (χ1n) is 11.5. The van der Waals surface area contributed by atoms with Crippen molar-refractivity contribution in [2.75, 3.05) is 11.5 Å². The molecule has 0 fully saturated rings. The summed E-state index contributed by atoms with van der Waals surface area (Å²) >= 11 is 0. The van der Waals surface area contributed by atoms with Gasteiger partial charge in [0.2, 0.25) is 0 Å². The number of aromatic nitrogens is 3. The molecule has 4 aromatic rings. The number of hydrogen-bond donors (Lipinski definition) is 3.